The average molecular weight is 719 g/mol. The van der Waals surface area contributed by atoms with Crippen LogP contribution in [0.25, 0.3) is 5.57 Å². The molecular formula is C43H62N2O7. The summed E-state index contributed by atoms with van der Waals surface area (Å²) in [4.78, 5) is 50.1. The Balaban J connectivity index is 1.27. The first kappa shape index (κ1) is 38.5. The van der Waals surface area contributed by atoms with Crippen LogP contribution < -0.4 is 5.32 Å². The summed E-state index contributed by atoms with van der Waals surface area (Å²) in [6, 6.07) is 7.43. The number of aromatic carboxylic acids is 1. The fourth-order valence-electron chi connectivity index (χ4n) is 13.8. The van der Waals surface area contributed by atoms with Crippen molar-refractivity contribution >= 4 is 29.4 Å². The number of carbonyl (C=O) groups excluding carboxylic acids is 1. The van der Waals surface area contributed by atoms with Crippen LogP contribution in [0.2, 0.25) is 0 Å². The Labute approximate surface area is 310 Å². The van der Waals surface area contributed by atoms with Gasteiger partial charge in [0.1, 0.15) is 0 Å². The number of amides is 1. The first-order valence-corrected chi connectivity index (χ1v) is 19.8. The van der Waals surface area contributed by atoms with Gasteiger partial charge in [0.25, 0.3) is 0 Å². The van der Waals surface area contributed by atoms with Crippen LogP contribution in [-0.2, 0) is 14.4 Å². The molecule has 1 aromatic rings. The fourth-order valence-corrected chi connectivity index (χ4v) is 13.8. The predicted molar refractivity (Wildman–Crippen MR) is 200 cm³/mol. The first-order chi connectivity index (χ1) is 24.3. The van der Waals surface area contributed by atoms with Crippen LogP contribution in [0.4, 0.5) is 0 Å². The van der Waals surface area contributed by atoms with Crippen molar-refractivity contribution in [1.29, 1.82) is 0 Å². The van der Waals surface area contributed by atoms with Gasteiger partial charge in [-0.15, -0.1) is 0 Å². The first-order valence-electron chi connectivity index (χ1n) is 19.8. The van der Waals surface area contributed by atoms with Crippen LogP contribution in [0.1, 0.15) is 122 Å². The average Bonchev–Trinajstić information content (AvgIpc) is 3.46. The minimum absolute atomic E-state index is 0.0602. The molecule has 1 aromatic carbocycles. The Morgan fingerprint density at radius 1 is 0.808 bits per heavy atom. The van der Waals surface area contributed by atoms with Crippen molar-refractivity contribution in [3.05, 3.63) is 41.5 Å². The minimum Gasteiger partial charge on any atom is -0.480 e. The molecule has 9 atom stereocenters. The molecule has 0 saturated heterocycles. The summed E-state index contributed by atoms with van der Waals surface area (Å²) in [5.74, 6) is -0.271. The summed E-state index contributed by atoms with van der Waals surface area (Å²) in [6.07, 6.45) is 11.9. The van der Waals surface area contributed by atoms with E-state index in [-0.39, 0.29) is 59.7 Å². The number of hydrogen-bond acceptors (Lipinski definition) is 5. The van der Waals surface area contributed by atoms with E-state index in [1.54, 1.807) is 12.1 Å². The number of hydrogen-bond donors (Lipinski definition) is 4. The Morgan fingerprint density at radius 3 is 2.06 bits per heavy atom. The molecule has 1 amide bonds. The van der Waals surface area contributed by atoms with Crippen molar-refractivity contribution in [3.8, 4) is 0 Å². The van der Waals surface area contributed by atoms with Gasteiger partial charge in [0.05, 0.1) is 24.1 Å². The second-order valence-corrected chi connectivity index (χ2v) is 19.0. The number of nitrogens with one attached hydrogen (secondary N) is 1. The van der Waals surface area contributed by atoms with Gasteiger partial charge in [-0.2, -0.15) is 0 Å². The molecular weight excluding hydrogens is 656 g/mol. The third-order valence-corrected chi connectivity index (χ3v) is 16.2. The highest BCUT2D eigenvalue weighted by molar-refractivity contribution is 5.88. The van der Waals surface area contributed by atoms with Crippen molar-refractivity contribution in [2.75, 3.05) is 26.2 Å². The maximum Gasteiger partial charge on any atom is 0.335 e. The quantitative estimate of drug-likeness (QED) is 0.182. The lowest BCUT2D eigenvalue weighted by molar-refractivity contribution is -0.227. The Morgan fingerprint density at radius 2 is 1.46 bits per heavy atom. The molecule has 5 aliphatic carbocycles. The molecule has 9 heteroatoms. The molecule has 4 fully saturated rings. The highest BCUT2D eigenvalue weighted by atomic mass is 16.4. The van der Waals surface area contributed by atoms with E-state index in [1.165, 1.54) is 16.9 Å². The van der Waals surface area contributed by atoms with Gasteiger partial charge >= 0.3 is 17.9 Å². The van der Waals surface area contributed by atoms with Gasteiger partial charge in [-0.3, -0.25) is 19.3 Å². The van der Waals surface area contributed by atoms with Gasteiger partial charge in [0.2, 0.25) is 5.91 Å². The molecule has 5 aliphatic rings. The number of carbonyl (C=O) groups is 4. The summed E-state index contributed by atoms with van der Waals surface area (Å²) < 4.78 is 0. The second-order valence-electron chi connectivity index (χ2n) is 19.0. The summed E-state index contributed by atoms with van der Waals surface area (Å²) in [5, 5.41) is 31.3. The highest BCUT2D eigenvalue weighted by Crippen LogP contribution is 2.77. The minimum atomic E-state index is -1.08. The van der Waals surface area contributed by atoms with E-state index in [1.807, 2.05) is 12.1 Å². The lowest BCUT2D eigenvalue weighted by atomic mass is 9.32. The van der Waals surface area contributed by atoms with E-state index in [4.69, 9.17) is 0 Å². The molecule has 0 bridgehead atoms. The maximum absolute atomic E-state index is 14.4. The summed E-state index contributed by atoms with van der Waals surface area (Å²) in [5.41, 5.74) is 2.62. The number of carboxylic acid groups (broad SMARTS) is 3. The standard InChI is InChI=1S/C43H62N2O7/c1-26(2)29-14-19-43(38(52)44-22-23-45(24-34(46)47)25-35(48)49)21-20-41(6)31(36(29)43)12-13-33-40(5)17-15-30(27-8-10-28(11-9-27)37(50)51)39(3,4)32(40)16-18-42(33,41)7/h8-11,15,26,29,31-33,36H,12-14,16-25H2,1-7H3,(H,44,52)(H,46,47)(H,48,49)(H,50,51)/t29-,31+,32-,33+,36+,40-,41+,42+,43-/m0/s1. The lowest BCUT2D eigenvalue weighted by Crippen LogP contribution is -2.66. The SMILES string of the molecule is CC(C)[C@@H]1CC[C@]2(C(=O)NCCN(CC(=O)O)CC(=O)O)CC[C@]3(C)[C@H](CC[C@@H]4[C@@]5(C)CC=C(c6ccc(C(=O)O)cc6)C(C)(C)[C@@H]5CC[C@]43C)[C@@H]12. The number of benzene rings is 1. The fraction of sp³-hybridized carbons (Fsp3) is 0.721. The highest BCUT2D eigenvalue weighted by Gasteiger charge is 2.71. The Kier molecular flexibility index (Phi) is 10.1. The van der Waals surface area contributed by atoms with E-state index in [9.17, 15) is 34.5 Å². The molecule has 9 nitrogen and oxygen atoms in total. The van der Waals surface area contributed by atoms with Crippen molar-refractivity contribution in [3.63, 3.8) is 0 Å². The molecule has 0 spiro atoms. The molecule has 0 aromatic heterocycles. The van der Waals surface area contributed by atoms with Gasteiger partial charge < -0.3 is 20.6 Å². The van der Waals surface area contributed by atoms with Gasteiger partial charge in [0, 0.05) is 13.1 Å². The van der Waals surface area contributed by atoms with Gasteiger partial charge in [0.15, 0.2) is 0 Å². The molecule has 0 heterocycles. The molecule has 4 N–H and O–H groups in total. The third kappa shape index (κ3) is 6.01. The van der Waals surface area contributed by atoms with Gasteiger partial charge in [-0.05, 0) is 138 Å². The van der Waals surface area contributed by atoms with E-state index in [2.05, 4.69) is 59.9 Å². The maximum atomic E-state index is 14.4. The van der Waals surface area contributed by atoms with Crippen LogP contribution in [-0.4, -0.2) is 70.2 Å². The zero-order valence-electron chi connectivity index (χ0n) is 32.5. The molecule has 0 unspecified atom stereocenters. The number of fused-ring (bicyclic) bond motifs is 7. The number of carboxylic acids is 3. The normalized spacial score (nSPS) is 37.6. The third-order valence-electron chi connectivity index (χ3n) is 16.2. The van der Waals surface area contributed by atoms with E-state index >= 15 is 0 Å². The van der Waals surface area contributed by atoms with Crippen molar-refractivity contribution in [1.82, 2.24) is 10.2 Å². The molecule has 0 radical (unpaired) electrons. The molecule has 6 rings (SSSR count). The van der Waals surface area contributed by atoms with Crippen LogP contribution in [0.15, 0.2) is 30.3 Å². The van der Waals surface area contributed by atoms with Crippen LogP contribution in [0.5, 0.6) is 0 Å². The number of nitrogens with zero attached hydrogens (tertiary/aromatic N) is 1. The van der Waals surface area contributed by atoms with Gasteiger partial charge in [-0.1, -0.05) is 66.7 Å². The number of allylic oxidation sites excluding steroid dienone is 2. The summed E-state index contributed by atoms with van der Waals surface area (Å²) in [6.45, 7) is 16.9. The summed E-state index contributed by atoms with van der Waals surface area (Å²) >= 11 is 0. The molecule has 4 saturated carbocycles. The molecule has 52 heavy (non-hydrogen) atoms. The van der Waals surface area contributed by atoms with E-state index < -0.39 is 23.3 Å². The zero-order valence-corrected chi connectivity index (χ0v) is 32.5. The zero-order chi connectivity index (χ0) is 38.0. The van der Waals surface area contributed by atoms with Crippen LogP contribution in [0, 0.1) is 62.6 Å². The Bertz CT molecular complexity index is 1600. The van der Waals surface area contributed by atoms with E-state index in [0.29, 0.717) is 35.2 Å². The Hall–Kier alpha value is -3.20. The predicted octanol–water partition coefficient (Wildman–Crippen LogP) is 7.70. The van der Waals surface area contributed by atoms with Crippen LogP contribution in [0.3, 0.4) is 0 Å². The summed E-state index contributed by atoms with van der Waals surface area (Å²) in [7, 11) is 0. The monoisotopic (exact) mass is 718 g/mol. The second kappa shape index (κ2) is 13.6. The smallest absolute Gasteiger partial charge is 0.335 e. The van der Waals surface area contributed by atoms with E-state index in [0.717, 1.165) is 56.9 Å². The molecule has 286 valence electrons. The topological polar surface area (TPSA) is 144 Å². The van der Waals surface area contributed by atoms with Crippen molar-refractivity contribution in [2.45, 2.75) is 106 Å². The lowest BCUT2D eigenvalue weighted by Gasteiger charge is -2.72. The number of rotatable bonds is 11. The van der Waals surface area contributed by atoms with Gasteiger partial charge in [-0.25, -0.2) is 4.79 Å². The largest absolute Gasteiger partial charge is 0.480 e. The molecule has 0 aliphatic heterocycles. The van der Waals surface area contributed by atoms with Crippen molar-refractivity contribution in [2.24, 2.45) is 62.6 Å². The van der Waals surface area contributed by atoms with Crippen molar-refractivity contribution < 1.29 is 34.5 Å². The van der Waals surface area contributed by atoms with Crippen LogP contribution >= 0.6 is 0 Å². The number of aliphatic carboxylic acids is 2.